The van der Waals surface area contributed by atoms with Crippen molar-refractivity contribution in [1.82, 2.24) is 0 Å². The number of rotatable bonds is 6. The molecule has 2 aromatic carbocycles. The van der Waals surface area contributed by atoms with Crippen molar-refractivity contribution in [3.63, 3.8) is 0 Å². The molecule has 0 fully saturated rings. The Morgan fingerprint density at radius 1 is 1.04 bits per heavy atom. The second kappa shape index (κ2) is 11.1. The number of allylic oxidation sites excluding steroid dienone is 5. The van der Waals surface area contributed by atoms with E-state index in [2.05, 4.69) is 0 Å². The third-order valence-electron chi connectivity index (χ3n) is 11.7. The zero-order chi connectivity index (χ0) is 36.1. The first-order valence-corrected chi connectivity index (χ1v) is 16.3. The normalized spacial score (nSPS) is 30.9. The van der Waals surface area contributed by atoms with Crippen LogP contribution in [0.25, 0.3) is 5.57 Å². The number of carboxylic acids is 1. The predicted octanol–water partition coefficient (Wildman–Crippen LogP) is 5.53. The van der Waals surface area contributed by atoms with Crippen LogP contribution >= 0.6 is 0 Å². The quantitative estimate of drug-likeness (QED) is 0.213. The Morgan fingerprint density at radius 2 is 1.71 bits per heavy atom. The number of fused-ring (bicyclic) bond motifs is 3. The Morgan fingerprint density at radius 3 is 2.33 bits per heavy atom. The molecule has 2 aromatic rings. The zero-order valence-corrected chi connectivity index (χ0v) is 28.2. The van der Waals surface area contributed by atoms with Gasteiger partial charge in [-0.2, -0.15) is 0 Å². The largest absolute Gasteiger partial charge is 0.511 e. The van der Waals surface area contributed by atoms with Crippen molar-refractivity contribution in [3.05, 3.63) is 105 Å². The number of phenols is 1. The fraction of sp³-hybridized carbons (Fsp3) is 0.385. The molecule has 0 bridgehead atoms. The summed E-state index contributed by atoms with van der Waals surface area (Å²) in [6, 6.07) is 9.94. The maximum atomic E-state index is 14.5. The van der Waals surface area contributed by atoms with Crippen LogP contribution in [0, 0.1) is 22.7 Å². The first-order valence-electron chi connectivity index (χ1n) is 16.3. The monoisotopic (exact) mass is 668 g/mol. The molecule has 4 aliphatic carbocycles. The second-order valence-corrected chi connectivity index (χ2v) is 14.6. The van der Waals surface area contributed by atoms with E-state index in [0.29, 0.717) is 17.5 Å². The van der Waals surface area contributed by atoms with Crippen molar-refractivity contribution >= 4 is 28.9 Å². The Bertz CT molecular complexity index is 2010. The number of hydrogen-bond acceptors (Lipinski definition) is 9. The lowest BCUT2D eigenvalue weighted by atomic mass is 9.41. The summed E-state index contributed by atoms with van der Waals surface area (Å²) in [5.41, 5.74) is -4.38. The van der Waals surface area contributed by atoms with E-state index in [-0.39, 0.29) is 23.3 Å². The molecule has 0 radical (unpaired) electrons. The highest BCUT2D eigenvalue weighted by atomic mass is 16.4. The SMILES string of the molecule is CC(=O)C1=C(O)C(C(C)C)[C@@]2(C)[C@H](O)[C@]3(C)C(=C(O)[C@@]2(O)C1=O)C(=O)c1c(ccc(CC2=CC(c4cccc(C(=O)O)c4)=CC2)c1O)[C@H]3C. The number of carbonyl (C=O) groups excluding carboxylic acids is 3. The molecular formula is C39H40O10. The molecule has 0 spiro atoms. The molecule has 0 aromatic heterocycles. The van der Waals surface area contributed by atoms with E-state index in [1.807, 2.05) is 12.2 Å². The molecule has 0 saturated heterocycles. The van der Waals surface area contributed by atoms with E-state index in [1.54, 1.807) is 58.0 Å². The number of carbonyl (C=O) groups is 4. The van der Waals surface area contributed by atoms with Crippen molar-refractivity contribution in [2.24, 2.45) is 22.7 Å². The minimum atomic E-state index is -2.95. The lowest BCUT2D eigenvalue weighted by molar-refractivity contribution is -0.211. The molecule has 4 aliphatic rings. The number of aliphatic hydroxyl groups is 4. The van der Waals surface area contributed by atoms with Crippen LogP contribution in [0.5, 0.6) is 5.75 Å². The van der Waals surface area contributed by atoms with Crippen LogP contribution in [0.3, 0.4) is 0 Å². The summed E-state index contributed by atoms with van der Waals surface area (Å²) in [6.07, 6.45) is 2.92. The molecule has 0 heterocycles. The summed E-state index contributed by atoms with van der Waals surface area (Å²) in [5.74, 6) is -8.41. The van der Waals surface area contributed by atoms with E-state index in [1.165, 1.54) is 13.0 Å². The smallest absolute Gasteiger partial charge is 0.335 e. The second-order valence-electron chi connectivity index (χ2n) is 14.6. The van der Waals surface area contributed by atoms with E-state index >= 15 is 0 Å². The van der Waals surface area contributed by atoms with Crippen LogP contribution in [-0.2, 0) is 16.0 Å². The number of aromatic carboxylic acids is 1. The van der Waals surface area contributed by atoms with Crippen LogP contribution in [-0.4, -0.2) is 65.7 Å². The lowest BCUT2D eigenvalue weighted by Crippen LogP contribution is -2.73. The summed E-state index contributed by atoms with van der Waals surface area (Å²) in [5, 5.41) is 69.0. The van der Waals surface area contributed by atoms with Gasteiger partial charge in [-0.25, -0.2) is 4.79 Å². The van der Waals surface area contributed by atoms with Gasteiger partial charge in [0.15, 0.2) is 17.2 Å². The maximum Gasteiger partial charge on any atom is 0.335 e. The van der Waals surface area contributed by atoms with Gasteiger partial charge in [0.25, 0.3) is 0 Å². The summed E-state index contributed by atoms with van der Waals surface area (Å²) in [6.45, 7) is 9.11. The van der Waals surface area contributed by atoms with E-state index < -0.39 is 86.3 Å². The van der Waals surface area contributed by atoms with Crippen LogP contribution in [0.4, 0.5) is 0 Å². The summed E-state index contributed by atoms with van der Waals surface area (Å²) < 4.78 is 0. The van der Waals surface area contributed by atoms with Crippen LogP contribution in [0.15, 0.2) is 76.8 Å². The molecule has 49 heavy (non-hydrogen) atoms. The van der Waals surface area contributed by atoms with Crippen LogP contribution in [0.1, 0.15) is 91.3 Å². The van der Waals surface area contributed by atoms with Gasteiger partial charge < -0.3 is 30.6 Å². The Balaban J connectivity index is 1.46. The fourth-order valence-corrected chi connectivity index (χ4v) is 9.11. The van der Waals surface area contributed by atoms with Gasteiger partial charge in [0.1, 0.15) is 22.8 Å². The number of aliphatic hydroxyl groups excluding tert-OH is 3. The molecule has 0 amide bonds. The average Bonchev–Trinajstić information content (AvgIpc) is 3.51. The highest BCUT2D eigenvalue weighted by Gasteiger charge is 2.76. The number of hydrogen-bond donors (Lipinski definition) is 6. The Kier molecular flexibility index (Phi) is 7.73. The zero-order valence-electron chi connectivity index (χ0n) is 28.2. The number of Topliss-reactive ketones (excluding diaryl/α,β-unsaturated/α-hetero) is 3. The van der Waals surface area contributed by atoms with Gasteiger partial charge in [-0.1, -0.05) is 76.6 Å². The summed E-state index contributed by atoms with van der Waals surface area (Å²) in [7, 11) is 0. The van der Waals surface area contributed by atoms with Crippen molar-refractivity contribution in [1.29, 1.82) is 0 Å². The minimum absolute atomic E-state index is 0.127. The highest BCUT2D eigenvalue weighted by Crippen LogP contribution is 2.67. The minimum Gasteiger partial charge on any atom is -0.511 e. The Hall–Kier alpha value is -4.80. The number of carboxylic acid groups (broad SMARTS) is 1. The van der Waals surface area contributed by atoms with E-state index in [0.717, 1.165) is 23.6 Å². The van der Waals surface area contributed by atoms with Crippen LogP contribution < -0.4 is 0 Å². The molecular weight excluding hydrogens is 628 g/mol. The molecule has 0 aliphatic heterocycles. The topological polar surface area (TPSA) is 190 Å². The average molecular weight is 669 g/mol. The predicted molar refractivity (Wildman–Crippen MR) is 179 cm³/mol. The third kappa shape index (κ3) is 4.33. The first-order chi connectivity index (χ1) is 22.8. The van der Waals surface area contributed by atoms with Crippen molar-refractivity contribution < 1.29 is 49.8 Å². The van der Waals surface area contributed by atoms with Gasteiger partial charge >= 0.3 is 5.97 Å². The molecule has 256 valence electrons. The van der Waals surface area contributed by atoms with Gasteiger partial charge in [-0.15, -0.1) is 0 Å². The molecule has 10 heteroatoms. The molecule has 6 N–H and O–H groups in total. The number of ketones is 3. The number of benzene rings is 2. The van der Waals surface area contributed by atoms with Gasteiger partial charge in [-0.3, -0.25) is 14.4 Å². The lowest BCUT2D eigenvalue weighted by Gasteiger charge is -2.63. The van der Waals surface area contributed by atoms with Crippen LogP contribution in [0.2, 0.25) is 0 Å². The summed E-state index contributed by atoms with van der Waals surface area (Å²) >= 11 is 0. The molecule has 10 nitrogen and oxygen atoms in total. The van der Waals surface area contributed by atoms with Gasteiger partial charge in [0.05, 0.1) is 22.8 Å². The standard InChI is InChI=1S/C39H40O10/c1-17(2)28-31(42)26(19(4)40)33(44)39(49)34(45)29-32(43)27-25(18(3)37(29,5)36(48)38(28,39)6)13-12-23(30(27)41)15-20-10-11-22(14-20)21-8-7-9-24(16-21)35(46)47/h7-9,11-14,16-18,28,36,41-42,45,48-49H,10,15H2,1-6H3,(H,46,47)/t18-,28?,36-,37+,38+,39+/m1/s1. The van der Waals surface area contributed by atoms with Crippen molar-refractivity contribution in [2.45, 2.75) is 72.0 Å². The molecule has 6 rings (SSSR count). The van der Waals surface area contributed by atoms with Crippen molar-refractivity contribution in [2.75, 3.05) is 0 Å². The summed E-state index contributed by atoms with van der Waals surface area (Å²) in [4.78, 5) is 52.6. The van der Waals surface area contributed by atoms with Gasteiger partial charge in [0, 0.05) is 16.7 Å². The third-order valence-corrected chi connectivity index (χ3v) is 11.7. The Labute approximate surface area is 283 Å². The molecule has 1 unspecified atom stereocenters. The maximum absolute atomic E-state index is 14.5. The van der Waals surface area contributed by atoms with E-state index in [4.69, 9.17) is 0 Å². The van der Waals surface area contributed by atoms with Gasteiger partial charge in [-0.05, 0) is 66.0 Å². The number of aromatic hydroxyl groups is 1. The van der Waals surface area contributed by atoms with E-state index in [9.17, 15) is 49.8 Å². The van der Waals surface area contributed by atoms with Gasteiger partial charge in [0.2, 0.25) is 5.78 Å². The first kappa shape index (κ1) is 34.1. The fourth-order valence-electron chi connectivity index (χ4n) is 9.11. The van der Waals surface area contributed by atoms with Crippen molar-refractivity contribution in [3.8, 4) is 5.75 Å². The number of phenolic OH excluding ortho intramolecular Hbond substituents is 1. The highest BCUT2D eigenvalue weighted by molar-refractivity contribution is 6.25. The molecule has 0 saturated carbocycles. The molecule has 6 atom stereocenters.